The van der Waals surface area contributed by atoms with Gasteiger partial charge in [-0.25, -0.2) is 9.18 Å². The minimum absolute atomic E-state index is 0.285. The van der Waals surface area contributed by atoms with Crippen LogP contribution < -0.4 is 5.32 Å². The molecule has 0 radical (unpaired) electrons. The van der Waals surface area contributed by atoms with Crippen LogP contribution in [0.2, 0.25) is 0 Å². The van der Waals surface area contributed by atoms with Crippen molar-refractivity contribution in [1.29, 1.82) is 0 Å². The highest BCUT2D eigenvalue weighted by molar-refractivity contribution is 5.69. The molecule has 1 saturated carbocycles. The summed E-state index contributed by atoms with van der Waals surface area (Å²) in [5, 5.41) is 12.3. The van der Waals surface area contributed by atoms with E-state index in [1.54, 1.807) is 39.0 Å². The van der Waals surface area contributed by atoms with Crippen molar-refractivity contribution < 1.29 is 19.0 Å². The molecule has 1 aromatic carbocycles. The van der Waals surface area contributed by atoms with Gasteiger partial charge in [-0.3, -0.25) is 0 Å². The molecule has 2 rings (SSSR count). The Bertz CT molecular complexity index is 504. The van der Waals surface area contributed by atoms with E-state index >= 15 is 0 Å². The third kappa shape index (κ3) is 3.10. The van der Waals surface area contributed by atoms with Gasteiger partial charge in [0.05, 0.1) is 11.6 Å². The minimum Gasteiger partial charge on any atom is -0.444 e. The first kappa shape index (κ1) is 14.8. The molecular formula is C15H20FNO3. The average molecular weight is 281 g/mol. The van der Waals surface area contributed by atoms with Gasteiger partial charge in [0.25, 0.3) is 0 Å². The van der Waals surface area contributed by atoms with Gasteiger partial charge < -0.3 is 15.2 Å². The predicted molar refractivity (Wildman–Crippen MR) is 72.7 cm³/mol. The molecule has 4 nitrogen and oxygen atoms in total. The van der Waals surface area contributed by atoms with E-state index in [9.17, 15) is 14.3 Å². The molecule has 1 fully saturated rings. The number of amides is 1. The maximum Gasteiger partial charge on any atom is 0.408 e. The fourth-order valence-corrected chi connectivity index (χ4v) is 2.48. The van der Waals surface area contributed by atoms with Crippen molar-refractivity contribution in [1.82, 2.24) is 5.32 Å². The number of carbonyl (C=O) groups is 1. The largest absolute Gasteiger partial charge is 0.444 e. The molecular weight excluding hydrogens is 261 g/mol. The monoisotopic (exact) mass is 281 g/mol. The first-order valence-electron chi connectivity index (χ1n) is 6.66. The fraction of sp³-hybridized carbons (Fsp3) is 0.533. The third-order valence-electron chi connectivity index (χ3n) is 3.30. The van der Waals surface area contributed by atoms with Gasteiger partial charge in [0, 0.05) is 18.4 Å². The van der Waals surface area contributed by atoms with Gasteiger partial charge in [0.1, 0.15) is 11.4 Å². The highest BCUT2D eigenvalue weighted by Crippen LogP contribution is 2.42. The summed E-state index contributed by atoms with van der Waals surface area (Å²) in [6.07, 6.45) is -0.572. The molecule has 0 saturated heterocycles. The van der Waals surface area contributed by atoms with Crippen LogP contribution in [0, 0.1) is 5.82 Å². The van der Waals surface area contributed by atoms with Crippen LogP contribution >= 0.6 is 0 Å². The van der Waals surface area contributed by atoms with Crippen molar-refractivity contribution in [2.45, 2.75) is 50.9 Å². The summed E-state index contributed by atoms with van der Waals surface area (Å²) in [5.41, 5.74) is -1.12. The number of ether oxygens (including phenoxy) is 1. The Balaban J connectivity index is 2.20. The SMILES string of the molecule is CC(C)(C)OC(=O)NC1(c2ccccc2F)CC(O)C1. The Morgan fingerprint density at radius 2 is 2.00 bits per heavy atom. The van der Waals surface area contributed by atoms with Gasteiger partial charge >= 0.3 is 6.09 Å². The van der Waals surface area contributed by atoms with Crippen molar-refractivity contribution >= 4 is 6.09 Å². The fourth-order valence-electron chi connectivity index (χ4n) is 2.48. The van der Waals surface area contributed by atoms with E-state index in [1.807, 2.05) is 0 Å². The van der Waals surface area contributed by atoms with Gasteiger partial charge in [-0.05, 0) is 26.8 Å². The van der Waals surface area contributed by atoms with Crippen molar-refractivity contribution in [3.63, 3.8) is 0 Å². The maximum absolute atomic E-state index is 13.9. The topological polar surface area (TPSA) is 58.6 Å². The summed E-state index contributed by atoms with van der Waals surface area (Å²) in [4.78, 5) is 11.9. The standard InChI is InChI=1S/C15H20FNO3/c1-14(2,3)20-13(19)17-15(8-10(18)9-15)11-6-4-5-7-12(11)16/h4-7,10,18H,8-9H2,1-3H3,(H,17,19). The predicted octanol–water partition coefficient (Wildman–Crippen LogP) is 2.70. The number of hydrogen-bond acceptors (Lipinski definition) is 3. The van der Waals surface area contributed by atoms with Crippen molar-refractivity contribution in [2.75, 3.05) is 0 Å². The first-order valence-corrected chi connectivity index (χ1v) is 6.66. The van der Waals surface area contributed by atoms with Crippen LogP contribution in [0.4, 0.5) is 9.18 Å². The van der Waals surface area contributed by atoms with Crippen LogP contribution in [0.3, 0.4) is 0 Å². The van der Waals surface area contributed by atoms with Crippen LogP contribution in [0.15, 0.2) is 24.3 Å². The van der Waals surface area contributed by atoms with Crippen molar-refractivity contribution in [3.8, 4) is 0 Å². The molecule has 2 N–H and O–H groups in total. The van der Waals surface area contributed by atoms with E-state index in [1.165, 1.54) is 6.07 Å². The number of halogens is 1. The van der Waals surface area contributed by atoms with Gasteiger partial charge in [-0.2, -0.15) is 0 Å². The molecule has 0 unspecified atom stereocenters. The summed E-state index contributed by atoms with van der Waals surface area (Å²) in [6.45, 7) is 5.29. The van der Waals surface area contributed by atoms with Gasteiger partial charge in [0.15, 0.2) is 0 Å². The second kappa shape index (κ2) is 5.05. The zero-order chi connectivity index (χ0) is 15.0. The van der Waals surface area contributed by atoms with Crippen LogP contribution in [0.25, 0.3) is 0 Å². The van der Waals surface area contributed by atoms with E-state index in [-0.39, 0.29) is 12.8 Å². The second-order valence-electron chi connectivity index (χ2n) is 6.25. The summed E-state index contributed by atoms with van der Waals surface area (Å²) in [6, 6.07) is 6.27. The summed E-state index contributed by atoms with van der Waals surface area (Å²) in [5.74, 6) is -0.393. The van der Waals surface area contributed by atoms with E-state index in [2.05, 4.69) is 5.32 Å². The number of alkyl carbamates (subject to hydrolysis) is 1. The molecule has 0 aromatic heterocycles. The number of rotatable bonds is 2. The molecule has 1 aliphatic carbocycles. The number of aliphatic hydroxyl groups excluding tert-OH is 1. The highest BCUT2D eigenvalue weighted by Gasteiger charge is 2.48. The minimum atomic E-state index is -0.882. The Morgan fingerprint density at radius 3 is 2.50 bits per heavy atom. The number of benzene rings is 1. The van der Waals surface area contributed by atoms with Crippen LogP contribution in [-0.2, 0) is 10.3 Å². The van der Waals surface area contributed by atoms with E-state index in [0.717, 1.165) is 0 Å². The smallest absolute Gasteiger partial charge is 0.408 e. The molecule has 1 aromatic rings. The third-order valence-corrected chi connectivity index (χ3v) is 3.30. The lowest BCUT2D eigenvalue weighted by Crippen LogP contribution is -2.58. The summed E-state index contributed by atoms with van der Waals surface area (Å²) in [7, 11) is 0. The Hall–Kier alpha value is -1.62. The molecule has 0 spiro atoms. The first-order chi connectivity index (χ1) is 9.22. The molecule has 1 amide bonds. The van der Waals surface area contributed by atoms with Gasteiger partial charge in [0.2, 0.25) is 0 Å². The number of aliphatic hydroxyl groups is 1. The van der Waals surface area contributed by atoms with Crippen molar-refractivity contribution in [2.24, 2.45) is 0 Å². The normalized spacial score (nSPS) is 25.8. The molecule has 0 heterocycles. The second-order valence-corrected chi connectivity index (χ2v) is 6.25. The van der Waals surface area contributed by atoms with Gasteiger partial charge in [-0.1, -0.05) is 18.2 Å². The number of hydrogen-bond donors (Lipinski definition) is 2. The molecule has 20 heavy (non-hydrogen) atoms. The molecule has 1 aliphatic rings. The quantitative estimate of drug-likeness (QED) is 0.876. The Morgan fingerprint density at radius 1 is 1.40 bits per heavy atom. The lowest BCUT2D eigenvalue weighted by atomic mass is 9.69. The maximum atomic E-state index is 13.9. The Kier molecular flexibility index (Phi) is 3.73. The zero-order valence-electron chi connectivity index (χ0n) is 11.9. The lowest BCUT2D eigenvalue weighted by Gasteiger charge is -2.46. The molecule has 0 atom stereocenters. The van der Waals surface area contributed by atoms with Crippen LogP contribution in [0.1, 0.15) is 39.2 Å². The number of nitrogens with one attached hydrogen (secondary N) is 1. The van der Waals surface area contributed by atoms with Crippen LogP contribution in [-0.4, -0.2) is 22.9 Å². The molecule has 110 valence electrons. The lowest BCUT2D eigenvalue weighted by molar-refractivity contribution is -0.0138. The average Bonchev–Trinajstić information content (AvgIpc) is 2.24. The van der Waals surface area contributed by atoms with E-state index < -0.39 is 29.2 Å². The number of carbonyl (C=O) groups excluding carboxylic acids is 1. The zero-order valence-corrected chi connectivity index (χ0v) is 11.9. The molecule has 0 aliphatic heterocycles. The Labute approximate surface area is 117 Å². The molecule has 0 bridgehead atoms. The van der Waals surface area contributed by atoms with Gasteiger partial charge in [-0.15, -0.1) is 0 Å². The van der Waals surface area contributed by atoms with Crippen molar-refractivity contribution in [3.05, 3.63) is 35.6 Å². The summed E-state index contributed by atoms with van der Waals surface area (Å²) < 4.78 is 19.2. The van der Waals surface area contributed by atoms with Crippen LogP contribution in [0.5, 0.6) is 0 Å². The highest BCUT2D eigenvalue weighted by atomic mass is 19.1. The van der Waals surface area contributed by atoms with E-state index in [4.69, 9.17) is 4.74 Å². The van der Waals surface area contributed by atoms with E-state index in [0.29, 0.717) is 5.56 Å². The summed E-state index contributed by atoms with van der Waals surface area (Å²) >= 11 is 0. The molecule has 5 heteroatoms.